The molecular formula is C12H14F2N2O3S. The van der Waals surface area contributed by atoms with Crippen LogP contribution in [0.15, 0.2) is 18.2 Å². The third kappa shape index (κ3) is 5.04. The van der Waals surface area contributed by atoms with Crippen LogP contribution in [0, 0.1) is 11.6 Å². The van der Waals surface area contributed by atoms with E-state index in [0.717, 1.165) is 12.1 Å². The van der Waals surface area contributed by atoms with Crippen molar-refractivity contribution in [3.63, 3.8) is 0 Å². The number of benzene rings is 1. The first-order valence-electron chi connectivity index (χ1n) is 5.68. The molecule has 1 atom stereocenters. The van der Waals surface area contributed by atoms with Crippen LogP contribution in [0.1, 0.15) is 6.42 Å². The quantitative estimate of drug-likeness (QED) is 0.753. The molecule has 2 amide bonds. The summed E-state index contributed by atoms with van der Waals surface area (Å²) in [4.78, 5) is 22.5. The van der Waals surface area contributed by atoms with E-state index in [0.29, 0.717) is 5.75 Å². The molecule has 0 aliphatic rings. The molecule has 1 aromatic rings. The van der Waals surface area contributed by atoms with Crippen LogP contribution in [-0.2, 0) is 4.79 Å². The molecule has 0 unspecified atom stereocenters. The maximum Gasteiger partial charge on any atom is 0.326 e. The van der Waals surface area contributed by atoms with Gasteiger partial charge in [0.25, 0.3) is 0 Å². The lowest BCUT2D eigenvalue weighted by molar-refractivity contribution is -0.139. The Bertz CT molecular complexity index is 500. The molecule has 0 aliphatic carbocycles. The Morgan fingerprint density at radius 3 is 2.60 bits per heavy atom. The van der Waals surface area contributed by atoms with E-state index in [1.54, 1.807) is 0 Å². The second-order valence-electron chi connectivity index (χ2n) is 3.90. The van der Waals surface area contributed by atoms with Crippen molar-refractivity contribution < 1.29 is 23.5 Å². The molecule has 0 fully saturated rings. The van der Waals surface area contributed by atoms with Crippen LogP contribution in [0.5, 0.6) is 0 Å². The fourth-order valence-electron chi connectivity index (χ4n) is 1.39. The van der Waals surface area contributed by atoms with Gasteiger partial charge in [-0.1, -0.05) is 0 Å². The largest absolute Gasteiger partial charge is 0.480 e. The van der Waals surface area contributed by atoms with E-state index in [9.17, 15) is 18.4 Å². The van der Waals surface area contributed by atoms with Crippen LogP contribution < -0.4 is 10.6 Å². The number of carbonyl (C=O) groups is 2. The summed E-state index contributed by atoms with van der Waals surface area (Å²) >= 11 is 1.46. The smallest absolute Gasteiger partial charge is 0.326 e. The highest BCUT2D eigenvalue weighted by Gasteiger charge is 2.19. The van der Waals surface area contributed by atoms with Gasteiger partial charge in [-0.2, -0.15) is 11.8 Å². The summed E-state index contributed by atoms with van der Waals surface area (Å²) in [6, 6.07) is 1.03. The van der Waals surface area contributed by atoms with Gasteiger partial charge in [-0.05, 0) is 30.6 Å². The zero-order chi connectivity index (χ0) is 15.1. The SMILES string of the molecule is CSCC[C@H](NC(=O)Nc1ccc(F)c(F)c1)C(=O)O. The number of thioether (sulfide) groups is 1. The maximum absolute atomic E-state index is 12.9. The highest BCUT2D eigenvalue weighted by atomic mass is 32.2. The van der Waals surface area contributed by atoms with Crippen LogP contribution in [0.2, 0.25) is 0 Å². The van der Waals surface area contributed by atoms with Crippen molar-refractivity contribution in [2.75, 3.05) is 17.3 Å². The van der Waals surface area contributed by atoms with Gasteiger partial charge in [0.2, 0.25) is 0 Å². The Hall–Kier alpha value is -1.83. The van der Waals surface area contributed by atoms with Crippen molar-refractivity contribution >= 4 is 29.4 Å². The highest BCUT2D eigenvalue weighted by Crippen LogP contribution is 2.13. The minimum Gasteiger partial charge on any atom is -0.480 e. The van der Waals surface area contributed by atoms with Crippen LogP contribution in [-0.4, -0.2) is 35.2 Å². The Morgan fingerprint density at radius 2 is 2.05 bits per heavy atom. The predicted molar refractivity (Wildman–Crippen MR) is 72.9 cm³/mol. The maximum atomic E-state index is 12.9. The number of carbonyl (C=O) groups excluding carboxylic acids is 1. The molecule has 0 saturated heterocycles. The van der Waals surface area contributed by atoms with Crippen molar-refractivity contribution in [1.29, 1.82) is 0 Å². The zero-order valence-electron chi connectivity index (χ0n) is 10.7. The number of hydrogen-bond acceptors (Lipinski definition) is 3. The van der Waals surface area contributed by atoms with Crippen molar-refractivity contribution in [3.8, 4) is 0 Å². The van der Waals surface area contributed by atoms with Crippen LogP contribution in [0.25, 0.3) is 0 Å². The van der Waals surface area contributed by atoms with Crippen LogP contribution in [0.4, 0.5) is 19.3 Å². The van der Waals surface area contributed by atoms with Gasteiger partial charge in [-0.25, -0.2) is 18.4 Å². The molecule has 0 heterocycles. The van der Waals surface area contributed by atoms with Gasteiger partial charge in [-0.3, -0.25) is 0 Å². The molecule has 20 heavy (non-hydrogen) atoms. The van der Waals surface area contributed by atoms with E-state index in [1.165, 1.54) is 17.8 Å². The van der Waals surface area contributed by atoms with Crippen molar-refractivity contribution in [3.05, 3.63) is 29.8 Å². The summed E-state index contributed by atoms with van der Waals surface area (Å²) in [5.74, 6) is -2.71. The van der Waals surface area contributed by atoms with Crippen LogP contribution >= 0.6 is 11.8 Å². The minimum absolute atomic E-state index is 0.0374. The highest BCUT2D eigenvalue weighted by molar-refractivity contribution is 7.98. The summed E-state index contributed by atoms with van der Waals surface area (Å²) in [6.45, 7) is 0. The van der Waals surface area contributed by atoms with E-state index >= 15 is 0 Å². The monoisotopic (exact) mass is 304 g/mol. The van der Waals surface area contributed by atoms with Gasteiger partial charge in [0.05, 0.1) is 0 Å². The van der Waals surface area contributed by atoms with Gasteiger partial charge in [0.1, 0.15) is 6.04 Å². The summed E-state index contributed by atoms with van der Waals surface area (Å²) in [5.41, 5.74) is 0.0374. The normalized spacial score (nSPS) is 11.8. The minimum atomic E-state index is -1.15. The second-order valence-corrected chi connectivity index (χ2v) is 4.89. The lowest BCUT2D eigenvalue weighted by Crippen LogP contribution is -2.43. The Balaban J connectivity index is 2.60. The number of nitrogens with one attached hydrogen (secondary N) is 2. The van der Waals surface area contributed by atoms with E-state index in [4.69, 9.17) is 5.11 Å². The van der Waals surface area contributed by atoms with E-state index < -0.39 is 29.7 Å². The zero-order valence-corrected chi connectivity index (χ0v) is 11.5. The van der Waals surface area contributed by atoms with Crippen LogP contribution in [0.3, 0.4) is 0 Å². The first kappa shape index (κ1) is 16.2. The summed E-state index contributed by atoms with van der Waals surface area (Å²) < 4.78 is 25.7. The average Bonchev–Trinajstić information content (AvgIpc) is 2.38. The molecule has 1 aromatic carbocycles. The molecule has 110 valence electrons. The summed E-state index contributed by atoms with van der Waals surface area (Å²) in [7, 11) is 0. The number of carboxylic acid groups (broad SMARTS) is 1. The Kier molecular flexibility index (Phi) is 6.23. The molecular weight excluding hydrogens is 290 g/mol. The summed E-state index contributed by atoms with van der Waals surface area (Å²) in [6.07, 6.45) is 2.09. The number of rotatable bonds is 6. The number of amides is 2. The van der Waals surface area contributed by atoms with E-state index in [1.807, 2.05) is 6.26 Å². The molecule has 0 aliphatic heterocycles. The molecule has 0 spiro atoms. The van der Waals surface area contributed by atoms with Crippen molar-refractivity contribution in [1.82, 2.24) is 5.32 Å². The first-order chi connectivity index (χ1) is 9.43. The number of hydrogen-bond donors (Lipinski definition) is 3. The molecule has 0 radical (unpaired) electrons. The van der Waals surface area contributed by atoms with Gasteiger partial charge in [0.15, 0.2) is 11.6 Å². The van der Waals surface area contributed by atoms with Gasteiger partial charge >= 0.3 is 12.0 Å². The molecule has 0 saturated carbocycles. The number of urea groups is 1. The third-order valence-corrected chi connectivity index (χ3v) is 3.04. The van der Waals surface area contributed by atoms with Crippen molar-refractivity contribution in [2.24, 2.45) is 0 Å². The molecule has 3 N–H and O–H groups in total. The van der Waals surface area contributed by atoms with Gasteiger partial charge < -0.3 is 15.7 Å². The van der Waals surface area contributed by atoms with Crippen molar-refractivity contribution in [2.45, 2.75) is 12.5 Å². The lowest BCUT2D eigenvalue weighted by Gasteiger charge is -2.14. The Labute approximate surface area is 118 Å². The molecule has 0 aromatic heterocycles. The fourth-order valence-corrected chi connectivity index (χ4v) is 1.86. The predicted octanol–water partition coefficient (Wildman–Crippen LogP) is 2.29. The number of halogens is 2. The van der Waals surface area contributed by atoms with Gasteiger partial charge in [0, 0.05) is 11.8 Å². The first-order valence-corrected chi connectivity index (χ1v) is 7.07. The van der Waals surface area contributed by atoms with E-state index in [-0.39, 0.29) is 12.1 Å². The number of aliphatic carboxylic acids is 1. The molecule has 8 heteroatoms. The standard InChI is InChI=1S/C12H14F2N2O3S/c1-20-5-4-10(11(17)18)16-12(19)15-7-2-3-8(13)9(14)6-7/h2-3,6,10H,4-5H2,1H3,(H,17,18)(H2,15,16,19)/t10-/m0/s1. The van der Waals surface area contributed by atoms with E-state index in [2.05, 4.69) is 10.6 Å². The summed E-state index contributed by atoms with van der Waals surface area (Å²) in [5, 5.41) is 13.4. The molecule has 5 nitrogen and oxygen atoms in total. The Morgan fingerprint density at radius 1 is 1.35 bits per heavy atom. The lowest BCUT2D eigenvalue weighted by atomic mass is 10.2. The topological polar surface area (TPSA) is 78.4 Å². The van der Waals surface area contributed by atoms with Gasteiger partial charge in [-0.15, -0.1) is 0 Å². The number of carboxylic acids is 1. The molecule has 1 rings (SSSR count). The average molecular weight is 304 g/mol. The third-order valence-electron chi connectivity index (χ3n) is 2.39. The number of anilines is 1. The second kappa shape index (κ2) is 7.68. The molecule has 0 bridgehead atoms. The fraction of sp³-hybridized carbons (Fsp3) is 0.333.